The molecule has 1 unspecified atom stereocenters. The molecule has 1 aromatic carbocycles. The van der Waals surface area contributed by atoms with Crippen molar-refractivity contribution in [2.75, 3.05) is 6.54 Å². The van der Waals surface area contributed by atoms with Gasteiger partial charge in [0.25, 0.3) is 0 Å². The molecule has 1 N–H and O–H groups in total. The maximum absolute atomic E-state index is 6.47. The summed E-state index contributed by atoms with van der Waals surface area (Å²) < 4.78 is 6.47. The molecule has 0 radical (unpaired) electrons. The van der Waals surface area contributed by atoms with Crippen molar-refractivity contribution >= 4 is 0 Å². The van der Waals surface area contributed by atoms with Crippen LogP contribution in [0.25, 0.3) is 0 Å². The topological polar surface area (TPSA) is 21.3 Å². The number of nitrogens with one attached hydrogen (secondary N) is 1. The molecule has 0 aromatic heterocycles. The lowest BCUT2D eigenvalue weighted by Crippen LogP contribution is -2.31. The van der Waals surface area contributed by atoms with Crippen LogP contribution >= 0.6 is 0 Å². The predicted octanol–water partition coefficient (Wildman–Crippen LogP) is 3.68. The highest BCUT2D eigenvalue weighted by molar-refractivity contribution is 5.42. The molecule has 2 heteroatoms. The normalized spacial score (nSPS) is 29.0. The maximum Gasteiger partial charge on any atom is 0.123 e. The average molecular weight is 259 g/mol. The summed E-state index contributed by atoms with van der Waals surface area (Å²) in [6, 6.07) is 6.50. The van der Waals surface area contributed by atoms with E-state index in [0.717, 1.165) is 31.7 Å². The quantitative estimate of drug-likeness (QED) is 0.875. The van der Waals surface area contributed by atoms with E-state index in [1.54, 1.807) is 0 Å². The Bertz CT molecular complexity index is 480. The molecule has 2 nitrogen and oxygen atoms in total. The third kappa shape index (κ3) is 2.64. The third-order valence-electron chi connectivity index (χ3n) is 4.64. The van der Waals surface area contributed by atoms with Crippen molar-refractivity contribution in [3.63, 3.8) is 0 Å². The van der Waals surface area contributed by atoms with E-state index >= 15 is 0 Å². The predicted molar refractivity (Wildman–Crippen MR) is 78.5 cm³/mol. The molecule has 1 aliphatic carbocycles. The summed E-state index contributed by atoms with van der Waals surface area (Å²) in [6.07, 6.45) is 4.68. The van der Waals surface area contributed by atoms with E-state index in [1.165, 1.54) is 24.0 Å². The van der Waals surface area contributed by atoms with Gasteiger partial charge in [0.15, 0.2) is 0 Å². The van der Waals surface area contributed by atoms with Crippen molar-refractivity contribution in [2.45, 2.75) is 58.6 Å². The van der Waals surface area contributed by atoms with Gasteiger partial charge < -0.3 is 10.1 Å². The summed E-state index contributed by atoms with van der Waals surface area (Å²) >= 11 is 0. The zero-order valence-electron chi connectivity index (χ0n) is 12.4. The van der Waals surface area contributed by atoms with Gasteiger partial charge in [-0.05, 0) is 61.8 Å². The van der Waals surface area contributed by atoms with E-state index < -0.39 is 0 Å². The molecule has 1 fully saturated rings. The van der Waals surface area contributed by atoms with Gasteiger partial charge in [-0.1, -0.05) is 26.0 Å². The Hall–Kier alpha value is -1.02. The molecule has 1 atom stereocenters. The highest BCUT2D eigenvalue weighted by Crippen LogP contribution is 2.46. The first-order valence-electron chi connectivity index (χ1n) is 7.48. The molecule has 3 rings (SSSR count). The highest BCUT2D eigenvalue weighted by Gasteiger charge is 2.41. The summed E-state index contributed by atoms with van der Waals surface area (Å²) in [6.45, 7) is 9.03. The van der Waals surface area contributed by atoms with Crippen molar-refractivity contribution < 1.29 is 4.74 Å². The average Bonchev–Trinajstić information content (AvgIpc) is 2.64. The smallest absolute Gasteiger partial charge is 0.123 e. The Morgan fingerprint density at radius 1 is 1.16 bits per heavy atom. The first-order chi connectivity index (χ1) is 8.98. The van der Waals surface area contributed by atoms with Crippen molar-refractivity contribution in [3.8, 4) is 5.75 Å². The Labute approximate surface area is 116 Å². The first-order valence-corrected chi connectivity index (χ1v) is 7.48. The van der Waals surface area contributed by atoms with Gasteiger partial charge in [-0.2, -0.15) is 0 Å². The monoisotopic (exact) mass is 259 g/mol. The van der Waals surface area contributed by atoms with E-state index in [2.05, 4.69) is 44.3 Å². The van der Waals surface area contributed by atoms with E-state index in [-0.39, 0.29) is 5.60 Å². The molecular formula is C17H25NO. The van der Waals surface area contributed by atoms with Crippen LogP contribution in [0.1, 0.15) is 51.2 Å². The molecule has 0 saturated heterocycles. The number of rotatable bonds is 2. The molecule has 1 aliphatic heterocycles. The van der Waals surface area contributed by atoms with E-state index in [0.29, 0.717) is 5.41 Å². The van der Waals surface area contributed by atoms with E-state index in [1.807, 2.05) is 0 Å². The second kappa shape index (κ2) is 4.52. The lowest BCUT2D eigenvalue weighted by atomic mass is 9.89. The van der Waals surface area contributed by atoms with Crippen molar-refractivity contribution in [2.24, 2.45) is 5.41 Å². The van der Waals surface area contributed by atoms with Crippen molar-refractivity contribution in [1.29, 1.82) is 0 Å². The van der Waals surface area contributed by atoms with Crippen molar-refractivity contribution in [1.82, 2.24) is 5.32 Å². The summed E-state index contributed by atoms with van der Waals surface area (Å²) in [4.78, 5) is 0. The Morgan fingerprint density at radius 3 is 2.74 bits per heavy atom. The largest absolute Gasteiger partial charge is 0.487 e. The van der Waals surface area contributed by atoms with Gasteiger partial charge in [-0.15, -0.1) is 0 Å². The number of hydrogen-bond donors (Lipinski definition) is 1. The fourth-order valence-electron chi connectivity index (χ4n) is 3.74. The number of benzene rings is 1. The minimum Gasteiger partial charge on any atom is -0.487 e. The summed E-state index contributed by atoms with van der Waals surface area (Å²) in [7, 11) is 0. The summed E-state index contributed by atoms with van der Waals surface area (Å²) in [5, 5.41) is 3.43. The van der Waals surface area contributed by atoms with Crippen LogP contribution in [0.5, 0.6) is 5.75 Å². The molecule has 1 aromatic rings. The lowest BCUT2D eigenvalue weighted by Gasteiger charge is -2.30. The lowest BCUT2D eigenvalue weighted by molar-refractivity contribution is 0.0833. The van der Waals surface area contributed by atoms with Crippen LogP contribution in [0.2, 0.25) is 0 Å². The molecule has 1 heterocycles. The number of fused-ring (bicyclic) bond motifs is 1. The second-order valence-electron chi connectivity index (χ2n) is 7.21. The second-order valence-corrected chi connectivity index (χ2v) is 7.21. The molecule has 0 amide bonds. The van der Waals surface area contributed by atoms with Gasteiger partial charge >= 0.3 is 0 Å². The summed E-state index contributed by atoms with van der Waals surface area (Å²) in [5.74, 6) is 1.12. The zero-order chi connectivity index (χ0) is 13.5. The molecule has 104 valence electrons. The molecule has 2 aliphatic rings. The van der Waals surface area contributed by atoms with Crippen LogP contribution in [0, 0.1) is 5.41 Å². The fraction of sp³-hybridized carbons (Fsp3) is 0.647. The Kier molecular flexibility index (Phi) is 3.09. The van der Waals surface area contributed by atoms with Gasteiger partial charge in [0.05, 0.1) is 0 Å². The van der Waals surface area contributed by atoms with Crippen molar-refractivity contribution in [3.05, 3.63) is 29.3 Å². The minimum absolute atomic E-state index is 0.0174. The number of ether oxygens (including phenoxy) is 1. The number of hydrogen-bond acceptors (Lipinski definition) is 2. The van der Waals surface area contributed by atoms with Crippen LogP contribution < -0.4 is 10.1 Å². The van der Waals surface area contributed by atoms with Gasteiger partial charge in [-0.3, -0.25) is 0 Å². The van der Waals surface area contributed by atoms with Gasteiger partial charge in [-0.25, -0.2) is 0 Å². The van der Waals surface area contributed by atoms with Crippen LogP contribution in [0.4, 0.5) is 0 Å². The van der Waals surface area contributed by atoms with Crippen LogP contribution in [-0.2, 0) is 13.0 Å². The highest BCUT2D eigenvalue weighted by atomic mass is 16.5. The molecular weight excluding hydrogens is 234 g/mol. The van der Waals surface area contributed by atoms with Crippen LogP contribution in [0.3, 0.4) is 0 Å². The Morgan fingerprint density at radius 2 is 2.00 bits per heavy atom. The molecule has 0 bridgehead atoms. The SMILES string of the molecule is CC1(C)CCC(C)(Oc2cccc3c2CCNC3)C1. The molecule has 1 saturated carbocycles. The maximum atomic E-state index is 6.47. The van der Waals surface area contributed by atoms with E-state index in [4.69, 9.17) is 4.74 Å². The van der Waals surface area contributed by atoms with Gasteiger partial charge in [0.2, 0.25) is 0 Å². The molecule has 19 heavy (non-hydrogen) atoms. The van der Waals surface area contributed by atoms with Crippen LogP contribution in [0.15, 0.2) is 18.2 Å². The minimum atomic E-state index is 0.0174. The fourth-order valence-corrected chi connectivity index (χ4v) is 3.74. The van der Waals surface area contributed by atoms with E-state index in [9.17, 15) is 0 Å². The first kappa shape index (κ1) is 13.0. The molecule has 0 spiro atoms. The summed E-state index contributed by atoms with van der Waals surface area (Å²) in [5.41, 5.74) is 3.27. The standard InChI is InChI=1S/C17H25NO/c1-16(2)8-9-17(3,12-16)19-15-6-4-5-13-11-18-10-7-14(13)15/h4-6,18H,7-12H2,1-3H3. The third-order valence-corrected chi connectivity index (χ3v) is 4.64. The Balaban J connectivity index is 1.84. The van der Waals surface area contributed by atoms with Gasteiger partial charge in [0, 0.05) is 6.54 Å². The van der Waals surface area contributed by atoms with Gasteiger partial charge in [0.1, 0.15) is 11.4 Å². The zero-order valence-corrected chi connectivity index (χ0v) is 12.4. The van der Waals surface area contributed by atoms with Crippen LogP contribution in [-0.4, -0.2) is 12.1 Å².